The molecule has 2 N–H and O–H groups in total. The summed E-state index contributed by atoms with van der Waals surface area (Å²) >= 11 is 0. The third-order valence-electron chi connectivity index (χ3n) is 6.10. The molecule has 1 atom stereocenters. The molecule has 0 aliphatic heterocycles. The van der Waals surface area contributed by atoms with Gasteiger partial charge in [-0.05, 0) is 87.5 Å². The van der Waals surface area contributed by atoms with Gasteiger partial charge < -0.3 is 5.32 Å². The zero-order valence-corrected chi connectivity index (χ0v) is 17.1. The van der Waals surface area contributed by atoms with Crippen LogP contribution in [0.3, 0.4) is 0 Å². The minimum atomic E-state index is -3.17. The van der Waals surface area contributed by atoms with Crippen LogP contribution >= 0.6 is 0 Å². The van der Waals surface area contributed by atoms with E-state index in [0.29, 0.717) is 5.92 Å². The van der Waals surface area contributed by atoms with Gasteiger partial charge in [0.15, 0.2) is 0 Å². The highest BCUT2D eigenvalue weighted by atomic mass is 32.2. The molecular weight excluding hydrogens is 344 g/mol. The summed E-state index contributed by atoms with van der Waals surface area (Å²) in [6, 6.07) is 6.92. The SMILES string of the molecule is CCCC(C)S(=O)(=O)N[C@H]1CC[C@H](CNc2ccc3c(c2)CCC3)CC1. The fourth-order valence-electron chi connectivity index (χ4n) is 4.34. The first-order chi connectivity index (χ1) is 12.5. The molecule has 3 rings (SSSR count). The Balaban J connectivity index is 1.42. The molecule has 1 aromatic carbocycles. The second-order valence-corrected chi connectivity index (χ2v) is 10.3. The zero-order valence-electron chi connectivity index (χ0n) is 16.3. The maximum atomic E-state index is 12.4. The minimum absolute atomic E-state index is 0.121. The molecule has 4 nitrogen and oxygen atoms in total. The van der Waals surface area contributed by atoms with Crippen LogP contribution < -0.4 is 10.0 Å². The van der Waals surface area contributed by atoms with Crippen LogP contribution in [0, 0.1) is 5.92 Å². The second-order valence-electron chi connectivity index (χ2n) is 8.20. The molecule has 5 heteroatoms. The molecule has 0 amide bonds. The van der Waals surface area contributed by atoms with Crippen LogP contribution in [0.2, 0.25) is 0 Å². The average molecular weight is 379 g/mol. The summed E-state index contributed by atoms with van der Waals surface area (Å²) < 4.78 is 27.7. The lowest BCUT2D eigenvalue weighted by Gasteiger charge is -2.30. The Labute approximate surface area is 159 Å². The summed E-state index contributed by atoms with van der Waals surface area (Å²) in [7, 11) is -3.17. The molecule has 1 unspecified atom stereocenters. The largest absolute Gasteiger partial charge is 0.385 e. The molecule has 26 heavy (non-hydrogen) atoms. The van der Waals surface area contributed by atoms with Crippen molar-refractivity contribution in [2.45, 2.75) is 82.9 Å². The molecule has 0 saturated heterocycles. The van der Waals surface area contributed by atoms with Crippen molar-refractivity contribution < 1.29 is 8.42 Å². The van der Waals surface area contributed by atoms with Crippen LogP contribution in [0.1, 0.15) is 69.9 Å². The molecule has 1 fully saturated rings. The summed E-state index contributed by atoms with van der Waals surface area (Å²) in [5.41, 5.74) is 4.26. The van der Waals surface area contributed by atoms with Gasteiger partial charge in [0.05, 0.1) is 5.25 Å². The average Bonchev–Trinajstić information content (AvgIpc) is 3.09. The van der Waals surface area contributed by atoms with Crippen molar-refractivity contribution in [2.75, 3.05) is 11.9 Å². The molecule has 0 spiro atoms. The number of sulfonamides is 1. The maximum absolute atomic E-state index is 12.4. The van der Waals surface area contributed by atoms with E-state index in [1.807, 2.05) is 13.8 Å². The Hall–Kier alpha value is -1.07. The van der Waals surface area contributed by atoms with E-state index in [2.05, 4.69) is 28.2 Å². The van der Waals surface area contributed by atoms with Crippen LogP contribution in [-0.4, -0.2) is 26.3 Å². The van der Waals surface area contributed by atoms with Crippen LogP contribution in [0.15, 0.2) is 18.2 Å². The van der Waals surface area contributed by atoms with Crippen molar-refractivity contribution in [1.82, 2.24) is 4.72 Å². The van der Waals surface area contributed by atoms with Gasteiger partial charge >= 0.3 is 0 Å². The Morgan fingerprint density at radius 3 is 2.58 bits per heavy atom. The Bertz CT molecular complexity index is 694. The predicted molar refractivity (Wildman–Crippen MR) is 109 cm³/mol. The van der Waals surface area contributed by atoms with Gasteiger partial charge in [-0.3, -0.25) is 0 Å². The summed E-state index contributed by atoms with van der Waals surface area (Å²) in [4.78, 5) is 0. The van der Waals surface area contributed by atoms with E-state index in [4.69, 9.17) is 0 Å². The van der Waals surface area contributed by atoms with Gasteiger partial charge in [0.2, 0.25) is 10.0 Å². The maximum Gasteiger partial charge on any atom is 0.214 e. The quantitative estimate of drug-likeness (QED) is 0.711. The number of rotatable bonds is 8. The molecule has 2 aliphatic carbocycles. The fraction of sp³-hybridized carbons (Fsp3) is 0.714. The summed E-state index contributed by atoms with van der Waals surface area (Å²) in [5, 5.41) is 3.32. The number of hydrogen-bond donors (Lipinski definition) is 2. The van der Waals surface area contributed by atoms with E-state index in [-0.39, 0.29) is 11.3 Å². The van der Waals surface area contributed by atoms with E-state index in [1.165, 1.54) is 36.1 Å². The lowest BCUT2D eigenvalue weighted by atomic mass is 9.86. The standard InChI is InChI=1S/C21H34N2O2S/c1-3-5-16(2)26(24,25)23-20-11-8-17(9-12-20)15-22-21-13-10-18-6-4-7-19(18)14-21/h10,13-14,16-17,20,22-23H,3-9,11-12,15H2,1-2H3/t16?,17-,20-. The number of fused-ring (bicyclic) bond motifs is 1. The van der Waals surface area contributed by atoms with Crippen LogP contribution in [0.25, 0.3) is 0 Å². The van der Waals surface area contributed by atoms with Gasteiger partial charge in [-0.1, -0.05) is 19.4 Å². The highest BCUT2D eigenvalue weighted by Gasteiger charge is 2.27. The first kappa shape index (κ1) is 19.7. The molecule has 0 heterocycles. The van der Waals surface area contributed by atoms with E-state index < -0.39 is 10.0 Å². The first-order valence-electron chi connectivity index (χ1n) is 10.3. The van der Waals surface area contributed by atoms with E-state index in [9.17, 15) is 8.42 Å². The van der Waals surface area contributed by atoms with Crippen molar-refractivity contribution in [1.29, 1.82) is 0 Å². The molecule has 0 aromatic heterocycles. The Morgan fingerprint density at radius 1 is 1.12 bits per heavy atom. The smallest absolute Gasteiger partial charge is 0.214 e. The number of benzene rings is 1. The van der Waals surface area contributed by atoms with Crippen molar-refractivity contribution in [3.63, 3.8) is 0 Å². The van der Waals surface area contributed by atoms with Crippen LogP contribution in [-0.2, 0) is 22.9 Å². The molecule has 0 bridgehead atoms. The van der Waals surface area contributed by atoms with Crippen LogP contribution in [0.4, 0.5) is 5.69 Å². The van der Waals surface area contributed by atoms with E-state index >= 15 is 0 Å². The monoisotopic (exact) mass is 378 g/mol. The Morgan fingerprint density at radius 2 is 1.85 bits per heavy atom. The van der Waals surface area contributed by atoms with E-state index in [1.54, 1.807) is 0 Å². The van der Waals surface area contributed by atoms with Gasteiger partial charge in [0, 0.05) is 18.3 Å². The molecule has 1 aromatic rings. The number of anilines is 1. The number of aryl methyl sites for hydroxylation is 2. The van der Waals surface area contributed by atoms with Gasteiger partial charge in [-0.25, -0.2) is 13.1 Å². The van der Waals surface area contributed by atoms with Gasteiger partial charge in [0.1, 0.15) is 0 Å². The Kier molecular flexibility index (Phi) is 6.62. The molecule has 0 radical (unpaired) electrons. The lowest BCUT2D eigenvalue weighted by Crippen LogP contribution is -2.42. The highest BCUT2D eigenvalue weighted by Crippen LogP contribution is 2.28. The molecular formula is C21H34N2O2S. The predicted octanol–water partition coefficient (Wildman–Crippen LogP) is 4.25. The fourth-order valence-corrected chi connectivity index (χ4v) is 5.82. The normalized spacial score (nSPS) is 24.2. The molecule has 1 saturated carbocycles. The summed E-state index contributed by atoms with van der Waals surface area (Å²) in [6.07, 6.45) is 9.46. The first-order valence-corrected chi connectivity index (χ1v) is 11.9. The van der Waals surface area contributed by atoms with Crippen LogP contribution in [0.5, 0.6) is 0 Å². The summed E-state index contributed by atoms with van der Waals surface area (Å²) in [5.74, 6) is 0.636. The van der Waals surface area contributed by atoms with Crippen molar-refractivity contribution in [3.05, 3.63) is 29.3 Å². The second kappa shape index (κ2) is 8.75. The topological polar surface area (TPSA) is 58.2 Å². The molecule has 146 valence electrons. The van der Waals surface area contributed by atoms with Crippen molar-refractivity contribution >= 4 is 15.7 Å². The van der Waals surface area contributed by atoms with Gasteiger partial charge in [-0.2, -0.15) is 0 Å². The minimum Gasteiger partial charge on any atom is -0.385 e. The third-order valence-corrected chi connectivity index (χ3v) is 8.05. The van der Waals surface area contributed by atoms with Gasteiger partial charge in [0.25, 0.3) is 0 Å². The number of nitrogens with one attached hydrogen (secondary N) is 2. The third kappa shape index (κ3) is 5.01. The molecule has 2 aliphatic rings. The van der Waals surface area contributed by atoms with E-state index in [0.717, 1.165) is 45.1 Å². The highest BCUT2D eigenvalue weighted by molar-refractivity contribution is 7.90. The number of hydrogen-bond acceptors (Lipinski definition) is 3. The zero-order chi connectivity index (χ0) is 18.6. The summed E-state index contributed by atoms with van der Waals surface area (Å²) in [6.45, 7) is 4.84. The van der Waals surface area contributed by atoms with Gasteiger partial charge in [-0.15, -0.1) is 0 Å². The van der Waals surface area contributed by atoms with Crippen molar-refractivity contribution in [2.24, 2.45) is 5.92 Å². The van der Waals surface area contributed by atoms with Crippen molar-refractivity contribution in [3.8, 4) is 0 Å². The lowest BCUT2D eigenvalue weighted by molar-refractivity contribution is 0.323.